The van der Waals surface area contributed by atoms with Gasteiger partial charge in [0, 0.05) is 11.4 Å². The Kier molecular flexibility index (Phi) is 5.66. The van der Waals surface area contributed by atoms with Crippen molar-refractivity contribution in [1.29, 1.82) is 0 Å². The molecule has 0 amide bonds. The van der Waals surface area contributed by atoms with Crippen molar-refractivity contribution in [3.8, 4) is 0 Å². The summed E-state index contributed by atoms with van der Waals surface area (Å²) >= 11 is 2.62. The van der Waals surface area contributed by atoms with Crippen LogP contribution in [0.15, 0.2) is 35.2 Å². The van der Waals surface area contributed by atoms with Gasteiger partial charge in [0.1, 0.15) is 5.01 Å². The number of hydrogen-bond acceptors (Lipinski definition) is 4. The lowest BCUT2D eigenvalue weighted by Crippen LogP contribution is -2.15. The summed E-state index contributed by atoms with van der Waals surface area (Å²) in [4.78, 5) is 5.06. The highest BCUT2D eigenvalue weighted by Gasteiger charge is 2.37. The summed E-state index contributed by atoms with van der Waals surface area (Å²) in [5, 5.41) is 3.43. The van der Waals surface area contributed by atoms with Gasteiger partial charge in [-0.25, -0.2) is 4.98 Å². The molecule has 0 atom stereocenters. The van der Waals surface area contributed by atoms with Crippen LogP contribution in [0, 0.1) is 0 Å². The molecule has 2 aromatic rings. The molecule has 1 heterocycles. The first-order valence-electron chi connectivity index (χ1n) is 6.45. The zero-order chi connectivity index (χ0) is 15.3. The number of benzene rings is 1. The lowest BCUT2D eigenvalue weighted by Gasteiger charge is -2.05. The third-order valence-electron chi connectivity index (χ3n) is 2.65. The zero-order valence-electron chi connectivity index (χ0n) is 11.4. The van der Waals surface area contributed by atoms with Crippen LogP contribution in [0.25, 0.3) is 0 Å². The fourth-order valence-electron chi connectivity index (χ4n) is 1.70. The second-order valence-corrected chi connectivity index (χ2v) is 6.48. The van der Waals surface area contributed by atoms with E-state index in [1.807, 2.05) is 37.3 Å². The number of nitrogens with zero attached hydrogens (tertiary/aromatic N) is 1. The van der Waals surface area contributed by atoms with Crippen LogP contribution in [0.1, 0.15) is 22.5 Å². The molecule has 1 aromatic carbocycles. The minimum absolute atomic E-state index is 0.207. The Hall–Kier alpha value is -1.05. The molecule has 1 N–H and O–H groups in total. The molecule has 0 unspecified atom stereocenters. The van der Waals surface area contributed by atoms with Crippen molar-refractivity contribution in [3.05, 3.63) is 45.9 Å². The van der Waals surface area contributed by atoms with Crippen LogP contribution in [0.2, 0.25) is 0 Å². The number of alkyl halides is 3. The van der Waals surface area contributed by atoms with Gasteiger partial charge in [-0.2, -0.15) is 13.2 Å². The van der Waals surface area contributed by atoms with Gasteiger partial charge in [-0.05, 0) is 18.7 Å². The Bertz CT molecular complexity index is 567. The van der Waals surface area contributed by atoms with E-state index in [4.69, 9.17) is 0 Å². The number of hydrogen-bond donors (Lipinski definition) is 1. The predicted molar refractivity (Wildman–Crippen MR) is 80.5 cm³/mol. The van der Waals surface area contributed by atoms with E-state index < -0.39 is 11.9 Å². The molecule has 0 aliphatic heterocycles. The first-order valence-corrected chi connectivity index (χ1v) is 8.25. The van der Waals surface area contributed by atoms with Crippen molar-refractivity contribution in [2.24, 2.45) is 0 Å². The predicted octanol–water partition coefficient (Wildman–Crippen LogP) is 4.56. The second kappa shape index (κ2) is 7.29. The molecule has 2 nitrogen and oxygen atoms in total. The van der Waals surface area contributed by atoms with Gasteiger partial charge in [-0.3, -0.25) is 0 Å². The van der Waals surface area contributed by atoms with Gasteiger partial charge in [-0.15, -0.1) is 23.1 Å². The van der Waals surface area contributed by atoms with E-state index >= 15 is 0 Å². The van der Waals surface area contributed by atoms with Gasteiger partial charge < -0.3 is 5.32 Å². The number of aromatic nitrogens is 1. The zero-order valence-corrected chi connectivity index (χ0v) is 13.0. The van der Waals surface area contributed by atoms with E-state index in [1.165, 1.54) is 11.8 Å². The highest BCUT2D eigenvalue weighted by molar-refractivity contribution is 7.98. The summed E-state index contributed by atoms with van der Waals surface area (Å²) in [5.74, 6) is 0.448. The van der Waals surface area contributed by atoms with Crippen molar-refractivity contribution < 1.29 is 13.2 Å². The largest absolute Gasteiger partial charge is 0.434 e. The van der Waals surface area contributed by atoms with Gasteiger partial charge >= 0.3 is 6.18 Å². The number of thioether (sulfide) groups is 1. The maximum Gasteiger partial charge on any atom is 0.434 e. The van der Waals surface area contributed by atoms with E-state index in [0.29, 0.717) is 17.3 Å². The number of thiazole rings is 1. The summed E-state index contributed by atoms with van der Waals surface area (Å²) < 4.78 is 38.9. The average Bonchev–Trinajstić information content (AvgIpc) is 2.87. The third kappa shape index (κ3) is 4.72. The minimum Gasteiger partial charge on any atom is -0.312 e. The van der Waals surface area contributed by atoms with Crippen molar-refractivity contribution in [2.75, 3.05) is 6.54 Å². The van der Waals surface area contributed by atoms with E-state index in [9.17, 15) is 13.2 Å². The van der Waals surface area contributed by atoms with Crippen molar-refractivity contribution in [2.45, 2.75) is 30.3 Å². The quantitative estimate of drug-likeness (QED) is 0.785. The van der Waals surface area contributed by atoms with Crippen LogP contribution < -0.4 is 5.32 Å². The molecule has 114 valence electrons. The van der Waals surface area contributed by atoms with E-state index in [2.05, 4.69) is 10.3 Å². The monoisotopic (exact) mass is 332 g/mol. The highest BCUT2D eigenvalue weighted by atomic mass is 32.2. The maximum absolute atomic E-state index is 13.0. The Morgan fingerprint density at radius 3 is 2.57 bits per heavy atom. The first kappa shape index (κ1) is 16.3. The molecule has 0 fully saturated rings. The number of nitrogens with one attached hydrogen (secondary N) is 1. The van der Waals surface area contributed by atoms with Gasteiger partial charge in [0.15, 0.2) is 5.69 Å². The summed E-state index contributed by atoms with van der Waals surface area (Å²) in [6, 6.07) is 9.58. The average molecular weight is 332 g/mol. The molecule has 0 bridgehead atoms. The molecule has 0 aliphatic rings. The van der Waals surface area contributed by atoms with Crippen LogP contribution in [-0.4, -0.2) is 11.5 Å². The number of halogens is 3. The van der Waals surface area contributed by atoms with E-state index in [-0.39, 0.29) is 11.4 Å². The SMILES string of the molecule is CCNCc1sc(CSc2ccccc2)nc1C(F)(F)F. The smallest absolute Gasteiger partial charge is 0.312 e. The van der Waals surface area contributed by atoms with E-state index in [1.54, 1.807) is 0 Å². The van der Waals surface area contributed by atoms with E-state index in [0.717, 1.165) is 16.2 Å². The molecule has 0 spiro atoms. The molecule has 7 heteroatoms. The summed E-state index contributed by atoms with van der Waals surface area (Å²) in [6.45, 7) is 2.70. The maximum atomic E-state index is 13.0. The molecule has 0 radical (unpaired) electrons. The van der Waals surface area contributed by atoms with Gasteiger partial charge in [0.25, 0.3) is 0 Å². The Balaban J connectivity index is 2.11. The Labute approximate surface area is 129 Å². The van der Waals surface area contributed by atoms with Crippen LogP contribution in [0.3, 0.4) is 0 Å². The molecule has 0 saturated carbocycles. The molecule has 2 rings (SSSR count). The molecular weight excluding hydrogens is 317 g/mol. The van der Waals surface area contributed by atoms with Gasteiger partial charge in [0.05, 0.1) is 10.6 Å². The summed E-state index contributed by atoms with van der Waals surface area (Å²) in [6.07, 6.45) is -4.39. The standard InChI is InChI=1S/C14H15F3N2S2/c1-2-18-8-11-13(14(15,16)17)19-12(21-11)9-20-10-6-4-3-5-7-10/h3-7,18H,2,8-9H2,1H3. The normalized spacial score (nSPS) is 11.8. The lowest BCUT2D eigenvalue weighted by molar-refractivity contribution is -0.141. The fourth-order valence-corrected chi connectivity index (χ4v) is 3.67. The Morgan fingerprint density at radius 1 is 1.24 bits per heavy atom. The van der Waals surface area contributed by atoms with Crippen molar-refractivity contribution in [3.63, 3.8) is 0 Å². The lowest BCUT2D eigenvalue weighted by atomic mass is 10.3. The van der Waals surface area contributed by atoms with Crippen LogP contribution in [0.4, 0.5) is 13.2 Å². The van der Waals surface area contributed by atoms with Gasteiger partial charge in [0.2, 0.25) is 0 Å². The van der Waals surface area contributed by atoms with Crippen LogP contribution in [0.5, 0.6) is 0 Å². The Morgan fingerprint density at radius 2 is 1.95 bits per heavy atom. The van der Waals surface area contributed by atoms with Crippen molar-refractivity contribution >= 4 is 23.1 Å². The van der Waals surface area contributed by atoms with Crippen LogP contribution in [-0.2, 0) is 18.5 Å². The molecule has 0 aliphatic carbocycles. The van der Waals surface area contributed by atoms with Crippen molar-refractivity contribution in [1.82, 2.24) is 10.3 Å². The summed E-state index contributed by atoms with van der Waals surface area (Å²) in [5.41, 5.74) is -0.753. The summed E-state index contributed by atoms with van der Waals surface area (Å²) in [7, 11) is 0. The molecule has 21 heavy (non-hydrogen) atoms. The van der Waals surface area contributed by atoms with Gasteiger partial charge in [-0.1, -0.05) is 25.1 Å². The minimum atomic E-state index is -4.39. The number of rotatable bonds is 6. The molecular formula is C14H15F3N2S2. The molecule has 1 aromatic heterocycles. The fraction of sp³-hybridized carbons (Fsp3) is 0.357. The topological polar surface area (TPSA) is 24.9 Å². The first-order chi connectivity index (χ1) is 10.0. The third-order valence-corrected chi connectivity index (χ3v) is 4.91. The highest BCUT2D eigenvalue weighted by Crippen LogP contribution is 2.36. The van der Waals surface area contributed by atoms with Crippen LogP contribution >= 0.6 is 23.1 Å². The second-order valence-electron chi connectivity index (χ2n) is 4.26. The molecule has 0 saturated heterocycles.